The Labute approximate surface area is 108 Å². The number of nitrogen functional groups attached to an aromatic ring is 1. The number of ether oxygens (including phenoxy) is 1. The van der Waals surface area contributed by atoms with Gasteiger partial charge in [-0.25, -0.2) is 9.78 Å². The zero-order valence-electron chi connectivity index (χ0n) is 9.58. The van der Waals surface area contributed by atoms with Crippen molar-refractivity contribution in [3.8, 4) is 0 Å². The predicted molar refractivity (Wildman–Crippen MR) is 70.1 cm³/mol. The standard InChI is InChI=1S/C12H13N3O2S/c13-9-3-1-8(2-4-9)11(17-12(14)16)5-10-6-18-7-15-10/h1-4,6-7,11H,5,13H2,(H2,14,16). The van der Waals surface area contributed by atoms with Gasteiger partial charge in [0, 0.05) is 17.5 Å². The Kier molecular flexibility index (Phi) is 3.78. The number of hydrogen-bond donors (Lipinski definition) is 2. The molecule has 18 heavy (non-hydrogen) atoms. The van der Waals surface area contributed by atoms with Gasteiger partial charge in [0.2, 0.25) is 0 Å². The number of rotatable bonds is 4. The van der Waals surface area contributed by atoms with E-state index < -0.39 is 12.2 Å². The second-order valence-electron chi connectivity index (χ2n) is 3.78. The summed E-state index contributed by atoms with van der Waals surface area (Å²) in [5, 5.41) is 1.91. The molecule has 0 aliphatic rings. The predicted octanol–water partition coefficient (Wildman–Crippen LogP) is 2.10. The molecule has 1 unspecified atom stereocenters. The lowest BCUT2D eigenvalue weighted by molar-refractivity contribution is 0.106. The van der Waals surface area contributed by atoms with Crippen LogP contribution in [0.2, 0.25) is 0 Å². The van der Waals surface area contributed by atoms with Gasteiger partial charge in [-0.2, -0.15) is 0 Å². The summed E-state index contributed by atoms with van der Waals surface area (Å²) < 4.78 is 5.11. The molecule has 1 heterocycles. The fourth-order valence-electron chi connectivity index (χ4n) is 1.61. The van der Waals surface area contributed by atoms with E-state index in [2.05, 4.69) is 4.98 Å². The lowest BCUT2D eigenvalue weighted by Crippen LogP contribution is -2.19. The second kappa shape index (κ2) is 5.50. The summed E-state index contributed by atoms with van der Waals surface area (Å²) >= 11 is 1.50. The fourth-order valence-corrected chi connectivity index (χ4v) is 2.18. The van der Waals surface area contributed by atoms with Gasteiger partial charge < -0.3 is 16.2 Å². The van der Waals surface area contributed by atoms with Crippen LogP contribution >= 0.6 is 11.3 Å². The highest BCUT2D eigenvalue weighted by atomic mass is 32.1. The molecule has 0 saturated carbocycles. The van der Waals surface area contributed by atoms with Gasteiger partial charge in [-0.3, -0.25) is 0 Å². The van der Waals surface area contributed by atoms with Crippen molar-refractivity contribution in [1.29, 1.82) is 0 Å². The molecule has 4 N–H and O–H groups in total. The highest BCUT2D eigenvalue weighted by Crippen LogP contribution is 2.23. The summed E-state index contributed by atoms with van der Waals surface area (Å²) in [7, 11) is 0. The van der Waals surface area contributed by atoms with Crippen molar-refractivity contribution < 1.29 is 9.53 Å². The third kappa shape index (κ3) is 3.21. The van der Waals surface area contributed by atoms with Crippen molar-refractivity contribution in [1.82, 2.24) is 4.98 Å². The largest absolute Gasteiger partial charge is 0.441 e. The summed E-state index contributed by atoms with van der Waals surface area (Å²) in [6.07, 6.45) is -0.742. The molecule has 1 amide bonds. The molecule has 94 valence electrons. The Balaban J connectivity index is 2.19. The second-order valence-corrected chi connectivity index (χ2v) is 4.49. The van der Waals surface area contributed by atoms with Crippen molar-refractivity contribution >= 4 is 23.1 Å². The lowest BCUT2D eigenvalue weighted by atomic mass is 10.0. The Morgan fingerprint density at radius 2 is 2.11 bits per heavy atom. The number of benzene rings is 1. The number of nitrogens with two attached hydrogens (primary N) is 2. The maximum absolute atomic E-state index is 10.9. The molecule has 0 radical (unpaired) electrons. The van der Waals surface area contributed by atoms with E-state index in [1.165, 1.54) is 11.3 Å². The molecule has 1 aromatic carbocycles. The van der Waals surface area contributed by atoms with Crippen LogP contribution in [0.15, 0.2) is 35.2 Å². The monoisotopic (exact) mass is 263 g/mol. The first-order chi connectivity index (χ1) is 8.65. The number of aromatic nitrogens is 1. The van der Waals surface area contributed by atoms with Crippen LogP contribution < -0.4 is 11.5 Å². The van der Waals surface area contributed by atoms with Crippen LogP contribution in [0.1, 0.15) is 17.4 Å². The van der Waals surface area contributed by atoms with Crippen molar-refractivity contribution in [3.63, 3.8) is 0 Å². The number of nitrogens with zero attached hydrogens (tertiary/aromatic N) is 1. The average Bonchev–Trinajstić information content (AvgIpc) is 2.81. The number of anilines is 1. The number of carbonyl (C=O) groups excluding carboxylic acids is 1. The first kappa shape index (κ1) is 12.4. The highest BCUT2D eigenvalue weighted by Gasteiger charge is 2.16. The molecule has 5 nitrogen and oxygen atoms in total. The van der Waals surface area contributed by atoms with Gasteiger partial charge in [-0.15, -0.1) is 11.3 Å². The molecule has 0 fully saturated rings. The van der Waals surface area contributed by atoms with Crippen molar-refractivity contribution in [3.05, 3.63) is 46.4 Å². The molecular weight excluding hydrogens is 250 g/mol. The summed E-state index contributed by atoms with van der Waals surface area (Å²) in [5.41, 5.74) is 14.8. The molecule has 0 aliphatic heterocycles. The van der Waals surface area contributed by atoms with Crippen LogP contribution in [-0.4, -0.2) is 11.1 Å². The van der Waals surface area contributed by atoms with Crippen molar-refractivity contribution in [2.45, 2.75) is 12.5 Å². The van der Waals surface area contributed by atoms with E-state index in [4.69, 9.17) is 16.2 Å². The third-order valence-electron chi connectivity index (χ3n) is 2.44. The van der Waals surface area contributed by atoms with Gasteiger partial charge in [-0.05, 0) is 17.7 Å². The van der Waals surface area contributed by atoms with E-state index >= 15 is 0 Å². The van der Waals surface area contributed by atoms with Crippen molar-refractivity contribution in [2.24, 2.45) is 5.73 Å². The molecule has 0 bridgehead atoms. The van der Waals surface area contributed by atoms with Crippen LogP contribution in [-0.2, 0) is 11.2 Å². The van der Waals surface area contributed by atoms with Crippen LogP contribution in [0.3, 0.4) is 0 Å². The summed E-state index contributed by atoms with van der Waals surface area (Å²) in [4.78, 5) is 15.1. The van der Waals surface area contributed by atoms with Gasteiger partial charge in [0.1, 0.15) is 6.10 Å². The SMILES string of the molecule is NC(=O)OC(Cc1cscn1)c1ccc(N)cc1. The number of primary amides is 1. The minimum absolute atomic E-state index is 0.440. The van der Waals surface area contributed by atoms with E-state index in [1.54, 1.807) is 17.6 Å². The van der Waals surface area contributed by atoms with E-state index in [1.807, 2.05) is 17.5 Å². The molecule has 0 aliphatic carbocycles. The van der Waals surface area contributed by atoms with Crippen LogP contribution in [0.5, 0.6) is 0 Å². The average molecular weight is 263 g/mol. The first-order valence-electron chi connectivity index (χ1n) is 5.34. The number of carbonyl (C=O) groups is 1. The maximum atomic E-state index is 10.9. The Morgan fingerprint density at radius 3 is 2.67 bits per heavy atom. The minimum atomic E-state index is -0.799. The topological polar surface area (TPSA) is 91.2 Å². The van der Waals surface area contributed by atoms with Gasteiger partial charge in [0.25, 0.3) is 0 Å². The van der Waals surface area contributed by atoms with Crippen LogP contribution in [0, 0.1) is 0 Å². The highest BCUT2D eigenvalue weighted by molar-refractivity contribution is 7.07. The maximum Gasteiger partial charge on any atom is 0.405 e. The zero-order valence-corrected chi connectivity index (χ0v) is 10.4. The number of hydrogen-bond acceptors (Lipinski definition) is 5. The van der Waals surface area contributed by atoms with E-state index in [-0.39, 0.29) is 0 Å². The molecule has 0 saturated heterocycles. The Hall–Kier alpha value is -2.08. The lowest BCUT2D eigenvalue weighted by Gasteiger charge is -2.16. The van der Waals surface area contributed by atoms with Gasteiger partial charge in [-0.1, -0.05) is 12.1 Å². The first-order valence-corrected chi connectivity index (χ1v) is 6.28. The van der Waals surface area contributed by atoms with Gasteiger partial charge >= 0.3 is 6.09 Å². The van der Waals surface area contributed by atoms with E-state index in [0.717, 1.165) is 11.3 Å². The normalized spacial score (nSPS) is 12.0. The smallest absolute Gasteiger partial charge is 0.405 e. The molecular formula is C12H13N3O2S. The molecule has 1 aromatic heterocycles. The fraction of sp³-hybridized carbons (Fsp3) is 0.167. The Bertz CT molecular complexity index is 511. The zero-order chi connectivity index (χ0) is 13.0. The number of amides is 1. The summed E-state index contributed by atoms with van der Waals surface area (Å²) in [6, 6.07) is 7.14. The van der Waals surface area contributed by atoms with Crippen LogP contribution in [0.25, 0.3) is 0 Å². The Morgan fingerprint density at radius 1 is 1.39 bits per heavy atom. The third-order valence-corrected chi connectivity index (χ3v) is 3.08. The molecule has 6 heteroatoms. The molecule has 1 atom stereocenters. The van der Waals surface area contributed by atoms with Crippen LogP contribution in [0.4, 0.5) is 10.5 Å². The van der Waals surface area contributed by atoms with E-state index in [0.29, 0.717) is 12.1 Å². The van der Waals surface area contributed by atoms with Crippen molar-refractivity contribution in [2.75, 3.05) is 5.73 Å². The van der Waals surface area contributed by atoms with E-state index in [9.17, 15) is 4.79 Å². The summed E-state index contributed by atoms with van der Waals surface area (Å²) in [5.74, 6) is 0. The van der Waals surface area contributed by atoms with Gasteiger partial charge in [0.15, 0.2) is 0 Å². The molecule has 2 aromatic rings. The van der Waals surface area contributed by atoms with Gasteiger partial charge in [0.05, 0.1) is 11.2 Å². The molecule has 2 rings (SSSR count). The number of thiazole rings is 1. The molecule has 0 spiro atoms. The quantitative estimate of drug-likeness (QED) is 0.826. The minimum Gasteiger partial charge on any atom is -0.441 e. The summed E-state index contributed by atoms with van der Waals surface area (Å²) in [6.45, 7) is 0.